The Hall–Kier alpha value is -2.86. The summed E-state index contributed by atoms with van der Waals surface area (Å²) in [7, 11) is 4.89. The molecule has 0 radical (unpaired) electrons. The van der Waals surface area contributed by atoms with Crippen LogP contribution in [0.25, 0.3) is 10.6 Å². The molecular weight excluding hydrogens is 348 g/mol. The van der Waals surface area contributed by atoms with Gasteiger partial charge in [-0.25, -0.2) is 4.98 Å². The third kappa shape index (κ3) is 3.55. The highest BCUT2D eigenvalue weighted by atomic mass is 32.1. The molecule has 0 saturated carbocycles. The average Bonchev–Trinajstić information content (AvgIpc) is 3.12. The number of aryl methyl sites for hydroxylation is 1. The van der Waals surface area contributed by atoms with Crippen LogP contribution in [0.3, 0.4) is 0 Å². The Morgan fingerprint density at radius 2 is 1.85 bits per heavy atom. The number of hydrogen-bond acceptors (Lipinski definition) is 5. The maximum absolute atomic E-state index is 12.9. The van der Waals surface area contributed by atoms with Crippen LogP contribution in [0.4, 0.5) is 5.69 Å². The van der Waals surface area contributed by atoms with Crippen molar-refractivity contribution in [1.82, 2.24) is 4.98 Å². The first-order valence-corrected chi connectivity index (χ1v) is 8.94. The molecule has 0 saturated heterocycles. The van der Waals surface area contributed by atoms with Gasteiger partial charge in [-0.2, -0.15) is 0 Å². The maximum Gasteiger partial charge on any atom is 0.258 e. The number of rotatable bonds is 5. The van der Waals surface area contributed by atoms with Crippen molar-refractivity contribution in [1.29, 1.82) is 0 Å². The predicted octanol–water partition coefficient (Wildman–Crippen LogP) is 4.41. The zero-order chi connectivity index (χ0) is 18.7. The highest BCUT2D eigenvalue weighted by Crippen LogP contribution is 2.32. The Morgan fingerprint density at radius 1 is 1.08 bits per heavy atom. The van der Waals surface area contributed by atoms with E-state index in [9.17, 15) is 4.79 Å². The molecule has 0 unspecified atom stereocenters. The van der Waals surface area contributed by atoms with E-state index in [1.54, 1.807) is 49.6 Å². The molecule has 0 N–H and O–H groups in total. The molecule has 1 amide bonds. The standard InChI is InChI=1S/C20H20N2O3S/c1-13-12-26-19(21-13)14-6-5-7-15(10-14)20(23)22(2)16-8-9-17(24-3)18(11-16)25-4/h5-12H,1-4H3. The average molecular weight is 368 g/mol. The van der Waals surface area contributed by atoms with Gasteiger partial charge in [0, 0.05) is 41.0 Å². The third-order valence-electron chi connectivity index (χ3n) is 4.03. The normalized spacial score (nSPS) is 10.5. The minimum absolute atomic E-state index is 0.104. The molecule has 26 heavy (non-hydrogen) atoms. The van der Waals surface area contributed by atoms with Gasteiger partial charge in [-0.1, -0.05) is 12.1 Å². The summed E-state index contributed by atoms with van der Waals surface area (Å²) >= 11 is 1.57. The largest absolute Gasteiger partial charge is 0.493 e. The van der Waals surface area contributed by atoms with Crippen molar-refractivity contribution < 1.29 is 14.3 Å². The Bertz CT molecular complexity index is 936. The quantitative estimate of drug-likeness (QED) is 0.669. The van der Waals surface area contributed by atoms with Crippen LogP contribution in [0.15, 0.2) is 47.8 Å². The van der Waals surface area contributed by atoms with Crippen LogP contribution < -0.4 is 14.4 Å². The number of ether oxygens (including phenoxy) is 2. The fourth-order valence-electron chi connectivity index (χ4n) is 2.62. The van der Waals surface area contributed by atoms with Crippen molar-refractivity contribution in [2.24, 2.45) is 0 Å². The van der Waals surface area contributed by atoms with Crippen LogP contribution in [-0.2, 0) is 0 Å². The van der Waals surface area contributed by atoms with E-state index in [0.29, 0.717) is 17.1 Å². The summed E-state index contributed by atoms with van der Waals surface area (Å²) < 4.78 is 10.6. The van der Waals surface area contributed by atoms with E-state index in [1.807, 2.05) is 42.6 Å². The molecule has 1 heterocycles. The molecule has 6 heteroatoms. The summed E-state index contributed by atoms with van der Waals surface area (Å²) in [6, 6.07) is 12.9. The number of aromatic nitrogens is 1. The number of amides is 1. The second-order valence-electron chi connectivity index (χ2n) is 5.78. The lowest BCUT2D eigenvalue weighted by atomic mass is 10.1. The number of carbonyl (C=O) groups is 1. The van der Waals surface area contributed by atoms with E-state index in [1.165, 1.54) is 0 Å². The highest BCUT2D eigenvalue weighted by Gasteiger charge is 2.16. The summed E-state index contributed by atoms with van der Waals surface area (Å²) in [5, 5.41) is 2.91. The van der Waals surface area contributed by atoms with Gasteiger partial charge in [-0.05, 0) is 31.2 Å². The molecule has 0 spiro atoms. The SMILES string of the molecule is COc1ccc(N(C)C(=O)c2cccc(-c3nc(C)cs3)c2)cc1OC. The molecule has 3 rings (SSSR count). The second-order valence-corrected chi connectivity index (χ2v) is 6.64. The predicted molar refractivity (Wildman–Crippen MR) is 105 cm³/mol. The van der Waals surface area contributed by atoms with Gasteiger partial charge in [0.25, 0.3) is 5.91 Å². The van der Waals surface area contributed by atoms with Gasteiger partial charge in [0.1, 0.15) is 5.01 Å². The molecule has 1 aromatic heterocycles. The van der Waals surface area contributed by atoms with Crippen molar-refractivity contribution in [3.63, 3.8) is 0 Å². The zero-order valence-corrected chi connectivity index (χ0v) is 16.0. The lowest BCUT2D eigenvalue weighted by Crippen LogP contribution is -2.26. The number of anilines is 1. The number of benzene rings is 2. The highest BCUT2D eigenvalue weighted by molar-refractivity contribution is 7.13. The molecule has 0 aliphatic carbocycles. The van der Waals surface area contributed by atoms with Crippen molar-refractivity contribution in [2.75, 3.05) is 26.2 Å². The van der Waals surface area contributed by atoms with Gasteiger partial charge in [0.05, 0.1) is 14.2 Å². The number of hydrogen-bond donors (Lipinski definition) is 0. The van der Waals surface area contributed by atoms with Crippen molar-refractivity contribution >= 4 is 22.9 Å². The third-order valence-corrected chi connectivity index (χ3v) is 5.04. The molecular formula is C20H20N2O3S. The van der Waals surface area contributed by atoms with Crippen molar-refractivity contribution in [3.8, 4) is 22.1 Å². The number of methoxy groups -OCH3 is 2. The Morgan fingerprint density at radius 3 is 2.50 bits per heavy atom. The van der Waals surface area contributed by atoms with E-state index in [4.69, 9.17) is 9.47 Å². The number of carbonyl (C=O) groups excluding carboxylic acids is 1. The second kappa shape index (κ2) is 7.58. The fraction of sp³-hybridized carbons (Fsp3) is 0.200. The Labute approximate surface area is 156 Å². The lowest BCUT2D eigenvalue weighted by molar-refractivity contribution is 0.0993. The first-order chi connectivity index (χ1) is 12.5. The minimum atomic E-state index is -0.104. The molecule has 134 valence electrons. The van der Waals surface area contributed by atoms with Gasteiger partial charge >= 0.3 is 0 Å². The monoisotopic (exact) mass is 368 g/mol. The molecule has 0 atom stereocenters. The smallest absolute Gasteiger partial charge is 0.258 e. The van der Waals surface area contributed by atoms with Gasteiger partial charge in [-0.3, -0.25) is 4.79 Å². The Balaban J connectivity index is 1.89. The summed E-state index contributed by atoms with van der Waals surface area (Å²) in [6.07, 6.45) is 0. The van der Waals surface area contributed by atoms with Crippen molar-refractivity contribution in [3.05, 3.63) is 59.1 Å². The van der Waals surface area contributed by atoms with Crippen LogP contribution in [0.2, 0.25) is 0 Å². The van der Waals surface area contributed by atoms with Gasteiger partial charge in [0.2, 0.25) is 0 Å². The molecule has 0 aliphatic heterocycles. The summed E-state index contributed by atoms with van der Waals surface area (Å²) in [6.45, 7) is 1.96. The number of nitrogens with zero attached hydrogens (tertiary/aromatic N) is 2. The topological polar surface area (TPSA) is 51.7 Å². The molecule has 0 bridgehead atoms. The summed E-state index contributed by atoms with van der Waals surface area (Å²) in [4.78, 5) is 19.0. The van der Waals surface area contributed by atoms with E-state index in [0.717, 1.165) is 22.0 Å². The molecule has 2 aromatic carbocycles. The minimum Gasteiger partial charge on any atom is -0.493 e. The fourth-order valence-corrected chi connectivity index (χ4v) is 3.41. The molecule has 3 aromatic rings. The molecule has 5 nitrogen and oxygen atoms in total. The first kappa shape index (κ1) is 17.9. The maximum atomic E-state index is 12.9. The van der Waals surface area contributed by atoms with Gasteiger partial charge in [0.15, 0.2) is 11.5 Å². The summed E-state index contributed by atoms with van der Waals surface area (Å²) in [5.41, 5.74) is 3.25. The van der Waals surface area contributed by atoms with Crippen LogP contribution in [0.5, 0.6) is 11.5 Å². The van der Waals surface area contributed by atoms with E-state index in [-0.39, 0.29) is 5.91 Å². The first-order valence-electron chi connectivity index (χ1n) is 8.06. The number of thiazole rings is 1. The van der Waals surface area contributed by atoms with Gasteiger partial charge in [-0.15, -0.1) is 11.3 Å². The summed E-state index contributed by atoms with van der Waals surface area (Å²) in [5.74, 6) is 1.10. The van der Waals surface area contributed by atoms with Crippen LogP contribution in [-0.4, -0.2) is 32.2 Å². The zero-order valence-electron chi connectivity index (χ0n) is 15.1. The van der Waals surface area contributed by atoms with Crippen LogP contribution in [0.1, 0.15) is 16.1 Å². The van der Waals surface area contributed by atoms with Gasteiger partial charge < -0.3 is 14.4 Å². The lowest BCUT2D eigenvalue weighted by Gasteiger charge is -2.19. The Kier molecular flexibility index (Phi) is 5.23. The van der Waals surface area contributed by atoms with E-state index in [2.05, 4.69) is 4.98 Å². The van der Waals surface area contributed by atoms with E-state index >= 15 is 0 Å². The van der Waals surface area contributed by atoms with Crippen LogP contribution >= 0.6 is 11.3 Å². The van der Waals surface area contributed by atoms with Crippen molar-refractivity contribution in [2.45, 2.75) is 6.92 Å². The van der Waals surface area contributed by atoms with E-state index < -0.39 is 0 Å². The van der Waals surface area contributed by atoms with Crippen LogP contribution in [0, 0.1) is 6.92 Å². The molecule has 0 aliphatic rings. The molecule has 0 fully saturated rings.